The van der Waals surface area contributed by atoms with Gasteiger partial charge in [-0.25, -0.2) is 0 Å². The van der Waals surface area contributed by atoms with Crippen LogP contribution in [-0.2, 0) is 4.79 Å². The summed E-state index contributed by atoms with van der Waals surface area (Å²) in [5.74, 6) is 0.613. The minimum Gasteiger partial charge on any atom is -0.426 e. The van der Waals surface area contributed by atoms with Crippen molar-refractivity contribution in [2.75, 3.05) is 0 Å². The summed E-state index contributed by atoms with van der Waals surface area (Å²) in [5.41, 5.74) is 1.11. The maximum absolute atomic E-state index is 12.0. The van der Waals surface area contributed by atoms with Gasteiger partial charge in [-0.05, 0) is 31.0 Å². The average molecular weight is 246 g/mol. The number of aryl methyl sites for hydroxylation is 1. The van der Waals surface area contributed by atoms with E-state index >= 15 is 0 Å². The molecule has 0 amide bonds. The Bertz CT molecular complexity index is 481. The van der Waals surface area contributed by atoms with Gasteiger partial charge in [-0.2, -0.15) is 0 Å². The molecule has 0 N–H and O–H groups in total. The van der Waals surface area contributed by atoms with Crippen LogP contribution in [0.15, 0.2) is 36.4 Å². The molecule has 0 radical (unpaired) electrons. The van der Waals surface area contributed by atoms with E-state index in [1.54, 1.807) is 0 Å². The Hall–Kier alpha value is -1.22. The van der Waals surface area contributed by atoms with Gasteiger partial charge in [0, 0.05) is 10.5 Å². The first-order chi connectivity index (χ1) is 8.22. The number of hydrogen-bond donors (Lipinski definition) is 0. The summed E-state index contributed by atoms with van der Waals surface area (Å²) in [6.45, 7) is 1.99. The highest BCUT2D eigenvalue weighted by Gasteiger charge is 2.41. The van der Waals surface area contributed by atoms with Crippen LogP contribution in [0.4, 0.5) is 0 Å². The van der Waals surface area contributed by atoms with Crippen LogP contribution in [0.25, 0.3) is 0 Å². The van der Waals surface area contributed by atoms with Gasteiger partial charge in [0.25, 0.3) is 0 Å². The lowest BCUT2D eigenvalue weighted by Crippen LogP contribution is -2.26. The van der Waals surface area contributed by atoms with Gasteiger partial charge in [-0.3, -0.25) is 4.79 Å². The monoisotopic (exact) mass is 246 g/mol. The molecule has 3 heteroatoms. The SMILES string of the molecule is Cc1cccc(OC(=O)C2CC3C=CC2S3)c1. The molecule has 0 spiro atoms. The topological polar surface area (TPSA) is 26.3 Å². The fourth-order valence-corrected chi connectivity index (χ4v) is 3.87. The first-order valence-corrected chi connectivity index (χ1v) is 6.79. The zero-order valence-electron chi connectivity index (χ0n) is 9.63. The molecule has 2 aliphatic heterocycles. The predicted octanol–water partition coefficient (Wildman–Crippen LogP) is 2.96. The largest absolute Gasteiger partial charge is 0.426 e. The van der Waals surface area contributed by atoms with Crippen LogP contribution in [0.5, 0.6) is 5.75 Å². The van der Waals surface area contributed by atoms with E-state index in [0.717, 1.165) is 12.0 Å². The number of benzene rings is 1. The highest BCUT2D eigenvalue weighted by atomic mass is 32.2. The highest BCUT2D eigenvalue weighted by Crippen LogP contribution is 2.45. The second-order valence-corrected chi connectivity index (χ2v) is 6.03. The van der Waals surface area contributed by atoms with Crippen molar-refractivity contribution in [2.45, 2.75) is 23.8 Å². The van der Waals surface area contributed by atoms with Crippen LogP contribution in [-0.4, -0.2) is 16.5 Å². The Kier molecular flexibility index (Phi) is 2.71. The van der Waals surface area contributed by atoms with Gasteiger partial charge >= 0.3 is 5.97 Å². The van der Waals surface area contributed by atoms with Crippen LogP contribution < -0.4 is 4.74 Å². The van der Waals surface area contributed by atoms with Crippen molar-refractivity contribution in [3.05, 3.63) is 42.0 Å². The molecule has 1 fully saturated rings. The van der Waals surface area contributed by atoms with Crippen LogP contribution >= 0.6 is 11.8 Å². The molecule has 17 heavy (non-hydrogen) atoms. The number of carbonyl (C=O) groups excluding carboxylic acids is 1. The zero-order valence-corrected chi connectivity index (χ0v) is 10.4. The van der Waals surface area contributed by atoms with Crippen LogP contribution in [0.1, 0.15) is 12.0 Å². The lowest BCUT2D eigenvalue weighted by atomic mass is 9.95. The molecule has 0 saturated carbocycles. The normalized spacial score (nSPS) is 29.6. The van der Waals surface area contributed by atoms with E-state index in [0.29, 0.717) is 16.2 Å². The lowest BCUT2D eigenvalue weighted by Gasteiger charge is -2.15. The van der Waals surface area contributed by atoms with Crippen molar-refractivity contribution in [3.8, 4) is 5.75 Å². The van der Waals surface area contributed by atoms with Gasteiger partial charge in [-0.15, -0.1) is 11.8 Å². The van der Waals surface area contributed by atoms with Gasteiger partial charge in [-0.1, -0.05) is 24.3 Å². The molecule has 1 aromatic carbocycles. The minimum absolute atomic E-state index is 0.0375. The van der Waals surface area contributed by atoms with Gasteiger partial charge < -0.3 is 4.74 Å². The molecule has 2 aliphatic rings. The zero-order chi connectivity index (χ0) is 11.8. The minimum atomic E-state index is -0.0834. The fraction of sp³-hybridized carbons (Fsp3) is 0.357. The van der Waals surface area contributed by atoms with Crippen LogP contribution in [0.2, 0.25) is 0 Å². The smallest absolute Gasteiger partial charge is 0.315 e. The molecule has 2 nitrogen and oxygen atoms in total. The van der Waals surface area contributed by atoms with E-state index in [-0.39, 0.29) is 11.9 Å². The van der Waals surface area contributed by atoms with Crippen molar-refractivity contribution in [2.24, 2.45) is 5.92 Å². The molecule has 88 valence electrons. The second-order valence-electron chi connectivity index (χ2n) is 4.60. The van der Waals surface area contributed by atoms with E-state index in [4.69, 9.17) is 4.74 Å². The van der Waals surface area contributed by atoms with Gasteiger partial charge in [0.15, 0.2) is 0 Å². The molecular weight excluding hydrogens is 232 g/mol. The summed E-state index contributed by atoms with van der Waals surface area (Å²) >= 11 is 1.87. The first-order valence-electron chi connectivity index (χ1n) is 5.84. The molecule has 2 heterocycles. The van der Waals surface area contributed by atoms with E-state index in [2.05, 4.69) is 12.2 Å². The second kappa shape index (κ2) is 4.22. The van der Waals surface area contributed by atoms with E-state index in [1.807, 2.05) is 43.0 Å². The molecule has 3 atom stereocenters. The number of thioether (sulfide) groups is 1. The van der Waals surface area contributed by atoms with E-state index in [1.165, 1.54) is 0 Å². The predicted molar refractivity (Wildman–Crippen MR) is 69.2 cm³/mol. The molecular formula is C14H14O2S. The van der Waals surface area contributed by atoms with Gasteiger partial charge in [0.05, 0.1) is 5.92 Å². The number of ether oxygens (including phenoxy) is 1. The summed E-state index contributed by atoms with van der Waals surface area (Å²) in [4.78, 5) is 12.0. The van der Waals surface area contributed by atoms with Crippen LogP contribution in [0.3, 0.4) is 0 Å². The van der Waals surface area contributed by atoms with Crippen molar-refractivity contribution in [1.82, 2.24) is 0 Å². The maximum atomic E-state index is 12.0. The van der Waals surface area contributed by atoms with Gasteiger partial charge in [0.1, 0.15) is 5.75 Å². The molecule has 0 aliphatic carbocycles. The van der Waals surface area contributed by atoms with Crippen molar-refractivity contribution in [1.29, 1.82) is 0 Å². The first kappa shape index (κ1) is 10.9. The number of hydrogen-bond acceptors (Lipinski definition) is 3. The Morgan fingerprint density at radius 1 is 1.41 bits per heavy atom. The molecule has 3 rings (SSSR count). The van der Waals surface area contributed by atoms with Gasteiger partial charge in [0.2, 0.25) is 0 Å². The summed E-state index contributed by atoms with van der Waals surface area (Å²) < 4.78 is 5.45. The molecule has 1 saturated heterocycles. The number of carbonyl (C=O) groups is 1. The molecule has 2 bridgehead atoms. The Morgan fingerprint density at radius 2 is 2.29 bits per heavy atom. The third kappa shape index (κ3) is 2.12. The quantitative estimate of drug-likeness (QED) is 0.456. The average Bonchev–Trinajstić information content (AvgIpc) is 2.90. The molecule has 3 unspecified atom stereocenters. The maximum Gasteiger partial charge on any atom is 0.315 e. The third-order valence-corrected chi connectivity index (χ3v) is 4.74. The number of fused-ring (bicyclic) bond motifs is 2. The Morgan fingerprint density at radius 3 is 2.94 bits per heavy atom. The molecule has 0 aromatic heterocycles. The summed E-state index contributed by atoms with van der Waals surface area (Å²) in [6, 6.07) is 7.63. The summed E-state index contributed by atoms with van der Waals surface area (Å²) in [6.07, 6.45) is 5.27. The van der Waals surface area contributed by atoms with E-state index in [9.17, 15) is 4.79 Å². The summed E-state index contributed by atoms with van der Waals surface area (Å²) in [7, 11) is 0. The van der Waals surface area contributed by atoms with Crippen molar-refractivity contribution in [3.63, 3.8) is 0 Å². The highest BCUT2D eigenvalue weighted by molar-refractivity contribution is 8.01. The Labute approximate surface area is 105 Å². The number of esters is 1. The molecule has 1 aromatic rings. The third-order valence-electron chi connectivity index (χ3n) is 3.24. The van der Waals surface area contributed by atoms with Crippen molar-refractivity contribution >= 4 is 17.7 Å². The fourth-order valence-electron chi connectivity index (χ4n) is 2.37. The lowest BCUT2D eigenvalue weighted by molar-refractivity contribution is -0.138. The van der Waals surface area contributed by atoms with E-state index < -0.39 is 0 Å². The van der Waals surface area contributed by atoms with Crippen molar-refractivity contribution < 1.29 is 9.53 Å². The Balaban J connectivity index is 1.70. The summed E-state index contributed by atoms with van der Waals surface area (Å²) in [5, 5.41) is 0.854. The number of rotatable bonds is 2. The standard InChI is InChI=1S/C14H14O2S/c1-9-3-2-4-10(7-9)16-14(15)12-8-11-5-6-13(12)17-11/h2-7,11-13H,8H2,1H3. The van der Waals surface area contributed by atoms with Crippen LogP contribution in [0, 0.1) is 12.8 Å².